The lowest BCUT2D eigenvalue weighted by Gasteiger charge is -2.22. The fourth-order valence-electron chi connectivity index (χ4n) is 2.45. The molecular weight excluding hydrogens is 264 g/mol. The first-order chi connectivity index (χ1) is 9.66. The average molecular weight is 279 g/mol. The Morgan fingerprint density at radius 2 is 2.00 bits per heavy atom. The van der Waals surface area contributed by atoms with E-state index >= 15 is 0 Å². The van der Waals surface area contributed by atoms with Crippen LogP contribution in [0.5, 0.6) is 0 Å². The summed E-state index contributed by atoms with van der Waals surface area (Å²) in [5, 5.41) is 4.22. The van der Waals surface area contributed by atoms with Crippen molar-refractivity contribution >= 4 is 5.69 Å². The highest BCUT2D eigenvalue weighted by Gasteiger charge is 2.20. The first-order valence-electron chi connectivity index (χ1n) is 6.52. The van der Waals surface area contributed by atoms with Gasteiger partial charge < -0.3 is 10.5 Å². The van der Waals surface area contributed by atoms with Gasteiger partial charge in [0.1, 0.15) is 5.82 Å². The van der Waals surface area contributed by atoms with Gasteiger partial charge in [0.25, 0.3) is 0 Å². The van der Waals surface area contributed by atoms with Crippen LogP contribution in [0.25, 0.3) is 11.1 Å². The van der Waals surface area contributed by atoms with Crippen LogP contribution < -0.4 is 5.73 Å². The van der Waals surface area contributed by atoms with Gasteiger partial charge >= 0.3 is 0 Å². The van der Waals surface area contributed by atoms with Crippen molar-refractivity contribution in [2.45, 2.75) is 18.9 Å². The Bertz CT molecular complexity index is 621. The number of rotatable bonds is 2. The number of aromatic nitrogens is 2. The molecule has 6 heteroatoms. The van der Waals surface area contributed by atoms with Crippen LogP contribution in [-0.4, -0.2) is 23.0 Å². The van der Waals surface area contributed by atoms with Crippen molar-refractivity contribution in [1.82, 2.24) is 9.78 Å². The number of nitrogen functional groups attached to an aromatic ring is 1. The number of halogens is 2. The van der Waals surface area contributed by atoms with Crippen LogP contribution in [0.2, 0.25) is 0 Å². The Balaban J connectivity index is 1.96. The molecule has 0 atom stereocenters. The number of ether oxygens (including phenoxy) is 1. The molecule has 1 aromatic heterocycles. The van der Waals surface area contributed by atoms with E-state index in [0.717, 1.165) is 12.8 Å². The van der Waals surface area contributed by atoms with Gasteiger partial charge in [-0.1, -0.05) is 0 Å². The minimum absolute atomic E-state index is 0.0692. The van der Waals surface area contributed by atoms with Crippen molar-refractivity contribution in [3.63, 3.8) is 0 Å². The SMILES string of the molecule is Nc1ccc(F)c(-c2cnn(C3CCOCC3)c2)c1F. The topological polar surface area (TPSA) is 53.1 Å². The molecule has 1 saturated heterocycles. The molecule has 0 spiro atoms. The Morgan fingerprint density at radius 3 is 2.75 bits per heavy atom. The van der Waals surface area contributed by atoms with E-state index in [9.17, 15) is 8.78 Å². The normalized spacial score (nSPS) is 16.5. The molecule has 0 radical (unpaired) electrons. The van der Waals surface area contributed by atoms with Gasteiger partial charge in [0.05, 0.1) is 23.5 Å². The van der Waals surface area contributed by atoms with Crippen LogP contribution in [0.15, 0.2) is 24.5 Å². The maximum atomic E-state index is 14.0. The van der Waals surface area contributed by atoms with Crippen LogP contribution in [0.4, 0.5) is 14.5 Å². The molecule has 3 rings (SSSR count). The fourth-order valence-corrected chi connectivity index (χ4v) is 2.45. The number of nitrogens with zero attached hydrogens (tertiary/aromatic N) is 2. The highest BCUT2D eigenvalue weighted by atomic mass is 19.1. The molecule has 0 unspecified atom stereocenters. The summed E-state index contributed by atoms with van der Waals surface area (Å²) in [4.78, 5) is 0. The van der Waals surface area contributed by atoms with Crippen molar-refractivity contribution in [3.8, 4) is 11.1 Å². The fraction of sp³-hybridized carbons (Fsp3) is 0.357. The zero-order valence-electron chi connectivity index (χ0n) is 10.9. The third-order valence-corrected chi connectivity index (χ3v) is 3.58. The van der Waals surface area contributed by atoms with E-state index in [1.165, 1.54) is 18.3 Å². The summed E-state index contributed by atoms with van der Waals surface area (Å²) in [7, 11) is 0. The Hall–Kier alpha value is -1.95. The van der Waals surface area contributed by atoms with E-state index in [0.29, 0.717) is 18.8 Å². The van der Waals surface area contributed by atoms with E-state index in [1.54, 1.807) is 10.9 Å². The van der Waals surface area contributed by atoms with Crippen molar-refractivity contribution < 1.29 is 13.5 Å². The van der Waals surface area contributed by atoms with Crippen LogP contribution in [-0.2, 0) is 4.74 Å². The van der Waals surface area contributed by atoms with Gasteiger partial charge in [0.15, 0.2) is 5.82 Å². The van der Waals surface area contributed by atoms with Crippen molar-refractivity contribution in [2.24, 2.45) is 0 Å². The molecule has 2 aromatic rings. The maximum absolute atomic E-state index is 14.0. The van der Waals surface area contributed by atoms with Gasteiger partial charge in [0.2, 0.25) is 0 Å². The highest BCUT2D eigenvalue weighted by Crippen LogP contribution is 2.30. The van der Waals surface area contributed by atoms with Gasteiger partial charge in [-0.25, -0.2) is 8.78 Å². The minimum Gasteiger partial charge on any atom is -0.396 e. The molecule has 2 N–H and O–H groups in total. The van der Waals surface area contributed by atoms with E-state index in [2.05, 4.69) is 5.10 Å². The van der Waals surface area contributed by atoms with E-state index in [1.807, 2.05) is 0 Å². The highest BCUT2D eigenvalue weighted by molar-refractivity contribution is 5.68. The molecule has 1 aliphatic rings. The standard InChI is InChI=1S/C14H15F2N3O/c15-11-1-2-12(17)14(16)13(11)9-7-18-19(8-9)10-3-5-20-6-4-10/h1-2,7-8,10H,3-6,17H2. The molecule has 1 fully saturated rings. The smallest absolute Gasteiger partial charge is 0.156 e. The molecule has 0 aliphatic carbocycles. The molecular formula is C14H15F2N3O. The Labute approximate surface area is 115 Å². The van der Waals surface area contributed by atoms with Gasteiger partial charge in [-0.3, -0.25) is 4.68 Å². The summed E-state index contributed by atoms with van der Waals surface area (Å²) >= 11 is 0. The lowest BCUT2D eigenvalue weighted by atomic mass is 10.1. The first-order valence-corrected chi connectivity index (χ1v) is 6.52. The Morgan fingerprint density at radius 1 is 1.25 bits per heavy atom. The zero-order chi connectivity index (χ0) is 14.1. The molecule has 20 heavy (non-hydrogen) atoms. The zero-order valence-corrected chi connectivity index (χ0v) is 10.9. The predicted octanol–water partition coefficient (Wildman–Crippen LogP) is 2.76. The number of hydrogen-bond donors (Lipinski definition) is 1. The van der Waals surface area contributed by atoms with E-state index in [-0.39, 0.29) is 17.3 Å². The monoisotopic (exact) mass is 279 g/mol. The van der Waals surface area contributed by atoms with Crippen LogP contribution in [0, 0.1) is 11.6 Å². The molecule has 0 bridgehead atoms. The van der Waals surface area contributed by atoms with Gasteiger partial charge in [-0.05, 0) is 25.0 Å². The van der Waals surface area contributed by atoms with Crippen LogP contribution in [0.1, 0.15) is 18.9 Å². The van der Waals surface area contributed by atoms with Crippen LogP contribution >= 0.6 is 0 Å². The summed E-state index contributed by atoms with van der Waals surface area (Å²) in [5.74, 6) is -1.38. The summed E-state index contributed by atoms with van der Waals surface area (Å²) in [6.07, 6.45) is 4.83. The van der Waals surface area contributed by atoms with Crippen LogP contribution in [0.3, 0.4) is 0 Å². The number of anilines is 1. The lowest BCUT2D eigenvalue weighted by Crippen LogP contribution is -2.19. The number of nitrogens with two attached hydrogens (primary N) is 1. The summed E-state index contributed by atoms with van der Waals surface area (Å²) < 4.78 is 34.8. The molecule has 2 heterocycles. The average Bonchev–Trinajstić information content (AvgIpc) is 2.94. The second-order valence-electron chi connectivity index (χ2n) is 4.88. The van der Waals surface area contributed by atoms with Crippen molar-refractivity contribution in [1.29, 1.82) is 0 Å². The third-order valence-electron chi connectivity index (χ3n) is 3.58. The molecule has 1 aromatic carbocycles. The second-order valence-corrected chi connectivity index (χ2v) is 4.88. The molecule has 4 nitrogen and oxygen atoms in total. The summed E-state index contributed by atoms with van der Waals surface area (Å²) in [5.41, 5.74) is 5.70. The maximum Gasteiger partial charge on any atom is 0.156 e. The van der Waals surface area contributed by atoms with E-state index < -0.39 is 11.6 Å². The lowest BCUT2D eigenvalue weighted by molar-refractivity contribution is 0.0662. The number of hydrogen-bond acceptors (Lipinski definition) is 3. The first kappa shape index (κ1) is 13.1. The largest absolute Gasteiger partial charge is 0.396 e. The summed E-state index contributed by atoms with van der Waals surface area (Å²) in [6, 6.07) is 2.60. The van der Waals surface area contributed by atoms with Crippen molar-refractivity contribution in [2.75, 3.05) is 18.9 Å². The molecule has 1 aliphatic heterocycles. The second kappa shape index (κ2) is 5.20. The van der Waals surface area contributed by atoms with Crippen molar-refractivity contribution in [3.05, 3.63) is 36.2 Å². The van der Waals surface area contributed by atoms with Gasteiger partial charge in [0, 0.05) is 25.0 Å². The molecule has 0 saturated carbocycles. The predicted molar refractivity (Wildman–Crippen MR) is 71.1 cm³/mol. The molecule has 106 valence electrons. The minimum atomic E-state index is -0.739. The van der Waals surface area contributed by atoms with E-state index in [4.69, 9.17) is 10.5 Å². The quantitative estimate of drug-likeness (QED) is 0.860. The third kappa shape index (κ3) is 2.27. The number of benzene rings is 1. The van der Waals surface area contributed by atoms with Gasteiger partial charge in [-0.15, -0.1) is 0 Å². The summed E-state index contributed by atoms with van der Waals surface area (Å²) in [6.45, 7) is 1.36. The Kier molecular flexibility index (Phi) is 3.40. The molecule has 0 amide bonds. The van der Waals surface area contributed by atoms with Gasteiger partial charge in [-0.2, -0.15) is 5.10 Å².